The molecule has 2 N–H and O–H groups in total. The van der Waals surface area contributed by atoms with E-state index in [9.17, 15) is 4.79 Å². The minimum Gasteiger partial charge on any atom is -0.495 e. The van der Waals surface area contributed by atoms with Crippen LogP contribution in [0.4, 0.5) is 5.69 Å². The molecule has 5 nitrogen and oxygen atoms in total. The van der Waals surface area contributed by atoms with Gasteiger partial charge in [0.15, 0.2) is 0 Å². The Kier molecular flexibility index (Phi) is 4.27. The second kappa shape index (κ2) is 5.93. The highest BCUT2D eigenvalue weighted by Crippen LogP contribution is 2.23. The number of hydrogen-bond acceptors (Lipinski definition) is 4. The Balaban J connectivity index is 2.12. The number of piperidine rings is 1. The number of benzene rings is 1. The third-order valence-electron chi connectivity index (χ3n) is 3.48. The Labute approximate surface area is 113 Å². The van der Waals surface area contributed by atoms with Gasteiger partial charge in [-0.05, 0) is 31.0 Å². The van der Waals surface area contributed by atoms with E-state index in [1.54, 1.807) is 32.4 Å². The average molecular weight is 264 g/mol. The Morgan fingerprint density at radius 3 is 2.84 bits per heavy atom. The van der Waals surface area contributed by atoms with Crippen LogP contribution in [-0.2, 0) is 4.74 Å². The number of nitrogen functional groups attached to an aromatic ring is 1. The van der Waals surface area contributed by atoms with E-state index in [-0.39, 0.29) is 12.0 Å². The first-order chi connectivity index (χ1) is 9.15. The first-order valence-electron chi connectivity index (χ1n) is 6.41. The monoisotopic (exact) mass is 264 g/mol. The van der Waals surface area contributed by atoms with Gasteiger partial charge in [0.2, 0.25) is 0 Å². The lowest BCUT2D eigenvalue weighted by atomic mass is 10.1. The number of likely N-dealkylation sites (tertiary alicyclic amines) is 1. The molecule has 0 aliphatic carbocycles. The van der Waals surface area contributed by atoms with Gasteiger partial charge >= 0.3 is 0 Å². The molecule has 1 aliphatic rings. The number of anilines is 1. The number of rotatable bonds is 3. The van der Waals surface area contributed by atoms with E-state index >= 15 is 0 Å². The van der Waals surface area contributed by atoms with Gasteiger partial charge in [0.1, 0.15) is 5.75 Å². The third-order valence-corrected chi connectivity index (χ3v) is 3.48. The molecule has 0 bridgehead atoms. The summed E-state index contributed by atoms with van der Waals surface area (Å²) in [7, 11) is 3.24. The molecule has 19 heavy (non-hydrogen) atoms. The van der Waals surface area contributed by atoms with E-state index in [0.717, 1.165) is 19.4 Å². The fourth-order valence-corrected chi connectivity index (χ4v) is 2.37. The van der Waals surface area contributed by atoms with Crippen molar-refractivity contribution in [2.24, 2.45) is 0 Å². The van der Waals surface area contributed by atoms with Crippen LogP contribution >= 0.6 is 0 Å². The van der Waals surface area contributed by atoms with Gasteiger partial charge in [-0.25, -0.2) is 0 Å². The molecule has 0 aromatic heterocycles. The van der Waals surface area contributed by atoms with Crippen LogP contribution in [0.5, 0.6) is 5.75 Å². The molecular weight excluding hydrogens is 244 g/mol. The Hall–Kier alpha value is -1.75. The summed E-state index contributed by atoms with van der Waals surface area (Å²) in [6, 6.07) is 5.13. The number of ether oxygens (including phenoxy) is 2. The largest absolute Gasteiger partial charge is 0.495 e. The normalized spacial score (nSPS) is 19.3. The number of carbonyl (C=O) groups excluding carboxylic acids is 1. The topological polar surface area (TPSA) is 64.8 Å². The van der Waals surface area contributed by atoms with Crippen LogP contribution in [0.1, 0.15) is 23.2 Å². The number of nitrogens with zero attached hydrogens (tertiary/aromatic N) is 1. The van der Waals surface area contributed by atoms with Crippen LogP contribution in [-0.4, -0.2) is 44.2 Å². The molecule has 5 heteroatoms. The van der Waals surface area contributed by atoms with Crippen molar-refractivity contribution >= 4 is 11.6 Å². The van der Waals surface area contributed by atoms with Crippen LogP contribution in [0.15, 0.2) is 18.2 Å². The van der Waals surface area contributed by atoms with Gasteiger partial charge in [0, 0.05) is 25.8 Å². The first-order valence-corrected chi connectivity index (χ1v) is 6.41. The van der Waals surface area contributed by atoms with Crippen molar-refractivity contribution < 1.29 is 14.3 Å². The molecule has 1 unspecified atom stereocenters. The maximum Gasteiger partial charge on any atom is 0.254 e. The Morgan fingerprint density at radius 2 is 2.21 bits per heavy atom. The van der Waals surface area contributed by atoms with Crippen LogP contribution < -0.4 is 10.5 Å². The number of hydrogen-bond donors (Lipinski definition) is 1. The van der Waals surface area contributed by atoms with E-state index in [1.807, 2.05) is 4.90 Å². The van der Waals surface area contributed by atoms with Gasteiger partial charge in [-0.15, -0.1) is 0 Å². The molecule has 1 aromatic rings. The molecule has 1 saturated heterocycles. The molecule has 0 spiro atoms. The zero-order valence-electron chi connectivity index (χ0n) is 11.4. The highest BCUT2D eigenvalue weighted by atomic mass is 16.5. The van der Waals surface area contributed by atoms with Gasteiger partial charge in [0.25, 0.3) is 5.91 Å². The minimum absolute atomic E-state index is 0.00361. The molecule has 1 aromatic carbocycles. The van der Waals surface area contributed by atoms with Crippen molar-refractivity contribution in [2.45, 2.75) is 18.9 Å². The smallest absolute Gasteiger partial charge is 0.254 e. The summed E-state index contributed by atoms with van der Waals surface area (Å²) < 4.78 is 10.4. The van der Waals surface area contributed by atoms with E-state index in [0.29, 0.717) is 23.5 Å². The summed E-state index contributed by atoms with van der Waals surface area (Å²) in [4.78, 5) is 14.2. The van der Waals surface area contributed by atoms with Crippen LogP contribution in [0, 0.1) is 0 Å². The molecule has 1 amide bonds. The number of nitrogens with two attached hydrogens (primary N) is 1. The molecule has 0 radical (unpaired) electrons. The molecule has 1 aliphatic heterocycles. The van der Waals surface area contributed by atoms with E-state index in [4.69, 9.17) is 15.2 Å². The van der Waals surface area contributed by atoms with Crippen molar-refractivity contribution in [3.8, 4) is 5.75 Å². The van der Waals surface area contributed by atoms with Crippen LogP contribution in [0.3, 0.4) is 0 Å². The Bertz CT molecular complexity index is 462. The number of methoxy groups -OCH3 is 2. The lowest BCUT2D eigenvalue weighted by Gasteiger charge is -2.32. The predicted octanol–water partition coefficient (Wildman–Crippen LogP) is 1.53. The second-order valence-electron chi connectivity index (χ2n) is 4.71. The van der Waals surface area contributed by atoms with Crippen molar-refractivity contribution in [3.63, 3.8) is 0 Å². The van der Waals surface area contributed by atoms with Gasteiger partial charge in [-0.3, -0.25) is 4.79 Å². The lowest BCUT2D eigenvalue weighted by molar-refractivity contribution is 0.0269. The summed E-state index contributed by atoms with van der Waals surface area (Å²) >= 11 is 0. The van der Waals surface area contributed by atoms with Crippen molar-refractivity contribution in [2.75, 3.05) is 33.0 Å². The highest BCUT2D eigenvalue weighted by Gasteiger charge is 2.24. The first kappa shape index (κ1) is 13.7. The zero-order valence-corrected chi connectivity index (χ0v) is 11.4. The molecule has 1 atom stereocenters. The molecule has 104 valence electrons. The maximum absolute atomic E-state index is 12.4. The fraction of sp³-hybridized carbons (Fsp3) is 0.500. The summed E-state index contributed by atoms with van der Waals surface area (Å²) in [5.41, 5.74) is 6.91. The van der Waals surface area contributed by atoms with Crippen LogP contribution in [0.25, 0.3) is 0 Å². The molecule has 0 saturated carbocycles. The van der Waals surface area contributed by atoms with Crippen molar-refractivity contribution in [3.05, 3.63) is 23.8 Å². The molecule has 1 heterocycles. The van der Waals surface area contributed by atoms with E-state index in [1.165, 1.54) is 0 Å². The second-order valence-corrected chi connectivity index (χ2v) is 4.71. The summed E-state index contributed by atoms with van der Waals surface area (Å²) in [5.74, 6) is 0.584. The quantitative estimate of drug-likeness (QED) is 0.841. The summed E-state index contributed by atoms with van der Waals surface area (Å²) in [6.45, 7) is 1.41. The molecule has 1 fully saturated rings. The summed E-state index contributed by atoms with van der Waals surface area (Å²) in [6.07, 6.45) is 2.11. The maximum atomic E-state index is 12.4. The number of carbonyl (C=O) groups is 1. The lowest BCUT2D eigenvalue weighted by Crippen LogP contribution is -2.42. The van der Waals surface area contributed by atoms with Crippen molar-refractivity contribution in [1.82, 2.24) is 4.90 Å². The zero-order chi connectivity index (χ0) is 13.8. The number of amides is 1. The third kappa shape index (κ3) is 2.98. The molecular formula is C14H20N2O3. The Morgan fingerprint density at radius 1 is 1.42 bits per heavy atom. The van der Waals surface area contributed by atoms with Gasteiger partial charge in [0.05, 0.1) is 18.9 Å². The fourth-order valence-electron chi connectivity index (χ4n) is 2.37. The van der Waals surface area contributed by atoms with Gasteiger partial charge in [-0.2, -0.15) is 0 Å². The van der Waals surface area contributed by atoms with E-state index < -0.39 is 0 Å². The van der Waals surface area contributed by atoms with Gasteiger partial charge < -0.3 is 20.1 Å². The average Bonchev–Trinajstić information content (AvgIpc) is 2.46. The van der Waals surface area contributed by atoms with Crippen LogP contribution in [0.2, 0.25) is 0 Å². The SMILES string of the molecule is COc1ccc(C(=O)N2CCCC(OC)C2)cc1N. The van der Waals surface area contributed by atoms with Gasteiger partial charge in [-0.1, -0.05) is 0 Å². The summed E-state index contributed by atoms with van der Waals surface area (Å²) in [5, 5.41) is 0. The van der Waals surface area contributed by atoms with Crippen molar-refractivity contribution in [1.29, 1.82) is 0 Å². The standard InChI is InChI=1S/C14H20N2O3/c1-18-11-4-3-7-16(9-11)14(17)10-5-6-13(19-2)12(15)8-10/h5-6,8,11H,3-4,7,9,15H2,1-2H3. The molecule has 2 rings (SSSR count). The van der Waals surface area contributed by atoms with E-state index in [2.05, 4.69) is 0 Å². The highest BCUT2D eigenvalue weighted by molar-refractivity contribution is 5.95. The minimum atomic E-state index is -0.00361. The predicted molar refractivity (Wildman–Crippen MR) is 73.3 cm³/mol.